The van der Waals surface area contributed by atoms with Crippen LogP contribution in [0.15, 0.2) is 79.1 Å². The van der Waals surface area contributed by atoms with E-state index in [2.05, 4.69) is 4.98 Å². The number of pyridine rings is 1. The number of nitro benzene ring substituents is 1. The fraction of sp³-hybridized carbons (Fsp3) is 0.136. The number of benzene rings is 2. The van der Waals surface area contributed by atoms with E-state index >= 15 is 0 Å². The van der Waals surface area contributed by atoms with Gasteiger partial charge in [-0.25, -0.2) is 9.96 Å². The van der Waals surface area contributed by atoms with Crippen LogP contribution in [0, 0.1) is 16.0 Å². The molecule has 3 heterocycles. The van der Waals surface area contributed by atoms with E-state index in [-0.39, 0.29) is 11.4 Å². The smallest absolute Gasteiger partial charge is 0.269 e. The third-order valence-electron chi connectivity index (χ3n) is 5.47. The second kappa shape index (κ2) is 7.29. The van der Waals surface area contributed by atoms with Crippen LogP contribution < -0.4 is 9.96 Å². The lowest BCUT2D eigenvalue weighted by Gasteiger charge is -2.28. The fourth-order valence-electron chi connectivity index (χ4n) is 4.08. The van der Waals surface area contributed by atoms with E-state index in [1.165, 1.54) is 24.3 Å². The number of carbonyl (C=O) groups excluding carboxylic acids is 2. The Hall–Kier alpha value is -4.11. The molecule has 2 fully saturated rings. The summed E-state index contributed by atoms with van der Waals surface area (Å²) < 4.78 is 0. The minimum absolute atomic E-state index is 0.122. The second-order valence-electron chi connectivity index (χ2n) is 7.23. The fourth-order valence-corrected chi connectivity index (χ4v) is 4.08. The molecule has 9 heteroatoms. The van der Waals surface area contributed by atoms with Gasteiger partial charge in [0.1, 0.15) is 5.92 Å². The van der Waals surface area contributed by atoms with Crippen molar-refractivity contribution < 1.29 is 19.3 Å². The average molecular weight is 416 g/mol. The Morgan fingerprint density at radius 2 is 1.65 bits per heavy atom. The standard InChI is InChI=1S/C22H16N4O5/c27-21-18-19(14-5-4-12-23-13-14)25(16-6-2-1-3-7-16)31-20(18)22(28)24(21)15-8-10-17(11-9-15)26(29)30/h1-13,18-20H/t18-,19-,20-/m1/s1. The van der Waals surface area contributed by atoms with Gasteiger partial charge in [-0.3, -0.25) is 29.5 Å². The van der Waals surface area contributed by atoms with Gasteiger partial charge in [0.05, 0.1) is 22.3 Å². The number of nitrogens with zero attached hydrogens (tertiary/aromatic N) is 4. The first kappa shape index (κ1) is 18.9. The van der Waals surface area contributed by atoms with Gasteiger partial charge < -0.3 is 0 Å². The van der Waals surface area contributed by atoms with Gasteiger partial charge in [-0.15, -0.1) is 0 Å². The van der Waals surface area contributed by atoms with Gasteiger partial charge in [0.2, 0.25) is 5.91 Å². The first-order valence-electron chi connectivity index (χ1n) is 9.59. The average Bonchev–Trinajstić information content (AvgIpc) is 3.31. The van der Waals surface area contributed by atoms with Crippen molar-refractivity contribution in [2.24, 2.45) is 5.92 Å². The van der Waals surface area contributed by atoms with Gasteiger partial charge >= 0.3 is 0 Å². The highest BCUT2D eigenvalue weighted by Gasteiger charge is 2.60. The van der Waals surface area contributed by atoms with Crippen LogP contribution in [-0.4, -0.2) is 27.8 Å². The van der Waals surface area contributed by atoms with Gasteiger partial charge in [-0.05, 0) is 35.9 Å². The maximum absolute atomic E-state index is 13.4. The molecular formula is C22H16N4O5. The molecule has 2 aromatic carbocycles. The summed E-state index contributed by atoms with van der Waals surface area (Å²) in [5, 5.41) is 12.5. The molecule has 31 heavy (non-hydrogen) atoms. The van der Waals surface area contributed by atoms with E-state index < -0.39 is 34.8 Å². The molecule has 2 aliphatic heterocycles. The highest BCUT2D eigenvalue weighted by atomic mass is 16.7. The molecule has 2 amide bonds. The van der Waals surface area contributed by atoms with Crippen LogP contribution >= 0.6 is 0 Å². The molecule has 0 bridgehead atoms. The number of rotatable bonds is 4. The number of aromatic nitrogens is 1. The van der Waals surface area contributed by atoms with Crippen molar-refractivity contribution in [2.45, 2.75) is 12.1 Å². The van der Waals surface area contributed by atoms with Crippen LogP contribution in [0.2, 0.25) is 0 Å². The highest BCUT2D eigenvalue weighted by Crippen LogP contribution is 2.47. The monoisotopic (exact) mass is 416 g/mol. The predicted molar refractivity (Wildman–Crippen MR) is 110 cm³/mol. The molecule has 0 unspecified atom stereocenters. The summed E-state index contributed by atoms with van der Waals surface area (Å²) in [6, 6.07) is 17.6. The van der Waals surface area contributed by atoms with Crippen molar-refractivity contribution in [3.8, 4) is 0 Å². The Kier molecular flexibility index (Phi) is 4.45. The Morgan fingerprint density at radius 1 is 0.903 bits per heavy atom. The van der Waals surface area contributed by atoms with E-state index in [0.29, 0.717) is 5.69 Å². The second-order valence-corrected chi connectivity index (χ2v) is 7.23. The Labute approximate surface area is 176 Å². The van der Waals surface area contributed by atoms with Crippen LogP contribution in [0.25, 0.3) is 0 Å². The number of imide groups is 1. The van der Waals surface area contributed by atoms with Crippen molar-refractivity contribution in [1.29, 1.82) is 0 Å². The molecule has 0 N–H and O–H groups in total. The zero-order chi connectivity index (χ0) is 21.5. The van der Waals surface area contributed by atoms with E-state index in [0.717, 1.165) is 10.5 Å². The van der Waals surface area contributed by atoms with E-state index in [1.54, 1.807) is 23.5 Å². The van der Waals surface area contributed by atoms with Gasteiger partial charge in [-0.1, -0.05) is 24.3 Å². The van der Waals surface area contributed by atoms with Gasteiger partial charge in [0.15, 0.2) is 6.10 Å². The Bertz CT molecular complexity index is 1150. The molecular weight excluding hydrogens is 400 g/mol. The Balaban J connectivity index is 1.54. The highest BCUT2D eigenvalue weighted by molar-refractivity contribution is 6.23. The number of hydrogen-bond acceptors (Lipinski definition) is 7. The van der Waals surface area contributed by atoms with Crippen LogP contribution in [0.1, 0.15) is 11.6 Å². The molecule has 5 rings (SSSR count). The lowest BCUT2D eigenvalue weighted by molar-refractivity contribution is -0.384. The van der Waals surface area contributed by atoms with E-state index in [4.69, 9.17) is 4.84 Å². The molecule has 1 aromatic heterocycles. The Morgan fingerprint density at radius 3 is 2.29 bits per heavy atom. The van der Waals surface area contributed by atoms with Crippen molar-refractivity contribution in [2.75, 3.05) is 9.96 Å². The first-order chi connectivity index (χ1) is 15.1. The zero-order valence-corrected chi connectivity index (χ0v) is 16.1. The van der Waals surface area contributed by atoms with Gasteiger partial charge in [0, 0.05) is 24.5 Å². The minimum atomic E-state index is -1.01. The maximum Gasteiger partial charge on any atom is 0.269 e. The lowest BCUT2D eigenvalue weighted by Crippen LogP contribution is -2.37. The molecule has 0 spiro atoms. The first-order valence-corrected chi connectivity index (χ1v) is 9.59. The topological polar surface area (TPSA) is 106 Å². The van der Waals surface area contributed by atoms with Crippen LogP contribution in [0.4, 0.5) is 17.1 Å². The number of para-hydroxylation sites is 1. The van der Waals surface area contributed by atoms with Crippen molar-refractivity contribution in [1.82, 2.24) is 4.98 Å². The van der Waals surface area contributed by atoms with E-state index in [9.17, 15) is 19.7 Å². The van der Waals surface area contributed by atoms with Crippen molar-refractivity contribution >= 4 is 28.9 Å². The van der Waals surface area contributed by atoms with Gasteiger partial charge in [-0.2, -0.15) is 0 Å². The number of hydroxylamine groups is 1. The number of amides is 2. The minimum Gasteiger partial charge on any atom is -0.273 e. The largest absolute Gasteiger partial charge is 0.273 e. The van der Waals surface area contributed by atoms with Crippen molar-refractivity contribution in [3.05, 3.63) is 94.8 Å². The number of carbonyl (C=O) groups is 2. The number of fused-ring (bicyclic) bond motifs is 1. The predicted octanol–water partition coefficient (Wildman–Crippen LogP) is 3.04. The molecule has 154 valence electrons. The SMILES string of the molecule is O=C1[C@@H]2[C@@H](c3cccnc3)N(c3ccccc3)O[C@H]2C(=O)N1c1ccc([N+](=O)[O-])cc1. The summed E-state index contributed by atoms with van der Waals surface area (Å²) in [5.41, 5.74) is 1.61. The summed E-state index contributed by atoms with van der Waals surface area (Å²) in [5.74, 6) is -1.71. The summed E-state index contributed by atoms with van der Waals surface area (Å²) in [6.07, 6.45) is 2.28. The number of non-ortho nitro benzene ring substituents is 1. The normalized spacial score (nSPS) is 22.6. The molecule has 3 atom stereocenters. The van der Waals surface area contributed by atoms with Crippen molar-refractivity contribution in [3.63, 3.8) is 0 Å². The van der Waals surface area contributed by atoms with Crippen LogP contribution in [0.3, 0.4) is 0 Å². The molecule has 0 aliphatic carbocycles. The number of nitro groups is 1. The number of hydrogen-bond donors (Lipinski definition) is 0. The zero-order valence-electron chi connectivity index (χ0n) is 16.1. The molecule has 0 radical (unpaired) electrons. The molecule has 0 saturated carbocycles. The van der Waals surface area contributed by atoms with Crippen LogP contribution in [0.5, 0.6) is 0 Å². The molecule has 2 aliphatic rings. The van der Waals surface area contributed by atoms with Gasteiger partial charge in [0.25, 0.3) is 11.6 Å². The summed E-state index contributed by atoms with van der Waals surface area (Å²) >= 11 is 0. The summed E-state index contributed by atoms with van der Waals surface area (Å²) in [4.78, 5) is 48.2. The molecule has 9 nitrogen and oxygen atoms in total. The quantitative estimate of drug-likeness (QED) is 0.366. The molecule has 3 aromatic rings. The lowest BCUT2D eigenvalue weighted by atomic mass is 9.91. The maximum atomic E-state index is 13.4. The third-order valence-corrected chi connectivity index (χ3v) is 5.47. The molecule has 2 saturated heterocycles. The summed E-state index contributed by atoms with van der Waals surface area (Å²) in [7, 11) is 0. The van der Waals surface area contributed by atoms with Crippen LogP contribution in [-0.2, 0) is 14.4 Å². The third kappa shape index (κ3) is 3.03. The summed E-state index contributed by atoms with van der Waals surface area (Å²) in [6.45, 7) is 0. The van der Waals surface area contributed by atoms with E-state index in [1.807, 2.05) is 36.4 Å². The number of anilines is 2.